The molecule has 1 atom stereocenters. The molecule has 1 heterocycles. The quantitative estimate of drug-likeness (QED) is 0.866. The number of amides is 1. The monoisotopic (exact) mass is 329 g/mol. The van der Waals surface area contributed by atoms with Gasteiger partial charge < -0.3 is 11.1 Å². The van der Waals surface area contributed by atoms with Gasteiger partial charge in [0.05, 0.1) is 5.92 Å². The van der Waals surface area contributed by atoms with Crippen LogP contribution in [0.15, 0.2) is 18.2 Å². The zero-order valence-electron chi connectivity index (χ0n) is 13.0. The number of nitrogens with two attached hydrogens (primary N) is 1. The molecule has 1 aromatic rings. The Hall–Kier alpha value is -1.17. The van der Waals surface area contributed by atoms with E-state index in [-0.39, 0.29) is 30.0 Å². The number of nitrogens with one attached hydrogen (secondary N) is 1. The smallest absolute Gasteiger partial charge is 0.224 e. The number of hydrogen-bond acceptors (Lipinski definition) is 3. The van der Waals surface area contributed by atoms with Gasteiger partial charge in [0.25, 0.3) is 0 Å². The third-order valence-electron chi connectivity index (χ3n) is 3.96. The van der Waals surface area contributed by atoms with Crippen LogP contribution in [0.3, 0.4) is 0 Å². The maximum atomic E-state index is 13.6. The Morgan fingerprint density at radius 1 is 1.50 bits per heavy atom. The first-order valence-corrected chi connectivity index (χ1v) is 7.55. The molecular formula is C16H25ClFN3O. The van der Waals surface area contributed by atoms with Gasteiger partial charge in [-0.25, -0.2) is 4.39 Å². The van der Waals surface area contributed by atoms with Crippen molar-refractivity contribution in [3.8, 4) is 0 Å². The van der Waals surface area contributed by atoms with Crippen molar-refractivity contribution in [2.75, 3.05) is 26.2 Å². The summed E-state index contributed by atoms with van der Waals surface area (Å²) in [5.41, 5.74) is 7.02. The van der Waals surface area contributed by atoms with E-state index in [4.69, 9.17) is 5.73 Å². The molecule has 0 saturated carbocycles. The number of piperidine rings is 1. The van der Waals surface area contributed by atoms with Crippen LogP contribution < -0.4 is 11.1 Å². The number of nitrogens with zero attached hydrogens (tertiary/aromatic N) is 1. The molecule has 1 saturated heterocycles. The van der Waals surface area contributed by atoms with Gasteiger partial charge in [0.15, 0.2) is 0 Å². The van der Waals surface area contributed by atoms with Crippen molar-refractivity contribution in [3.05, 3.63) is 35.1 Å². The molecule has 22 heavy (non-hydrogen) atoms. The average Bonchev–Trinajstić information content (AvgIpc) is 2.49. The van der Waals surface area contributed by atoms with Gasteiger partial charge >= 0.3 is 0 Å². The summed E-state index contributed by atoms with van der Waals surface area (Å²) in [5.74, 6) is -0.0671. The van der Waals surface area contributed by atoms with Crippen molar-refractivity contribution in [1.82, 2.24) is 10.2 Å². The van der Waals surface area contributed by atoms with Crippen LogP contribution in [0.25, 0.3) is 0 Å². The molecule has 1 aromatic carbocycles. The van der Waals surface area contributed by atoms with Gasteiger partial charge in [0, 0.05) is 26.2 Å². The van der Waals surface area contributed by atoms with E-state index in [9.17, 15) is 9.18 Å². The van der Waals surface area contributed by atoms with Crippen LogP contribution in [0.4, 0.5) is 4.39 Å². The molecule has 1 aliphatic rings. The van der Waals surface area contributed by atoms with Crippen molar-refractivity contribution < 1.29 is 9.18 Å². The maximum Gasteiger partial charge on any atom is 0.224 e. The van der Waals surface area contributed by atoms with Crippen LogP contribution >= 0.6 is 12.4 Å². The van der Waals surface area contributed by atoms with Gasteiger partial charge in [-0.05, 0) is 43.5 Å². The van der Waals surface area contributed by atoms with Gasteiger partial charge in [0.2, 0.25) is 5.91 Å². The van der Waals surface area contributed by atoms with Gasteiger partial charge in [-0.2, -0.15) is 0 Å². The second-order valence-corrected chi connectivity index (χ2v) is 5.74. The fourth-order valence-corrected chi connectivity index (χ4v) is 2.75. The van der Waals surface area contributed by atoms with E-state index in [1.807, 2.05) is 6.07 Å². The van der Waals surface area contributed by atoms with Gasteiger partial charge in [-0.3, -0.25) is 9.69 Å². The van der Waals surface area contributed by atoms with E-state index in [2.05, 4.69) is 10.2 Å². The second-order valence-electron chi connectivity index (χ2n) is 5.74. The Labute approximate surface area is 137 Å². The highest BCUT2D eigenvalue weighted by Crippen LogP contribution is 2.19. The molecule has 124 valence electrons. The third-order valence-corrected chi connectivity index (χ3v) is 3.96. The highest BCUT2D eigenvalue weighted by Gasteiger charge is 2.25. The van der Waals surface area contributed by atoms with E-state index in [0.29, 0.717) is 25.2 Å². The first-order chi connectivity index (χ1) is 10.1. The first kappa shape index (κ1) is 18.9. The summed E-state index contributed by atoms with van der Waals surface area (Å²) in [4.78, 5) is 14.2. The SMILES string of the molecule is Cc1ccc(CN2CCCC(C(=O)NCCN)C2)cc1F.Cl. The minimum Gasteiger partial charge on any atom is -0.355 e. The predicted molar refractivity (Wildman–Crippen MR) is 88.5 cm³/mol. The van der Waals surface area contributed by atoms with E-state index < -0.39 is 0 Å². The van der Waals surface area contributed by atoms with E-state index >= 15 is 0 Å². The molecular weight excluding hydrogens is 305 g/mol. The molecule has 1 aliphatic heterocycles. The molecule has 1 amide bonds. The molecule has 0 aromatic heterocycles. The lowest BCUT2D eigenvalue weighted by Crippen LogP contribution is -2.43. The Kier molecular flexibility index (Phi) is 7.79. The highest BCUT2D eigenvalue weighted by atomic mass is 35.5. The molecule has 6 heteroatoms. The summed E-state index contributed by atoms with van der Waals surface area (Å²) >= 11 is 0. The predicted octanol–water partition coefficient (Wildman–Crippen LogP) is 1.84. The molecule has 1 unspecified atom stereocenters. The number of aryl methyl sites for hydroxylation is 1. The van der Waals surface area contributed by atoms with Crippen LogP contribution in [0.5, 0.6) is 0 Å². The fourth-order valence-electron chi connectivity index (χ4n) is 2.75. The molecule has 4 nitrogen and oxygen atoms in total. The summed E-state index contributed by atoms with van der Waals surface area (Å²) in [5, 5.41) is 2.85. The van der Waals surface area contributed by atoms with Crippen molar-refractivity contribution in [2.45, 2.75) is 26.3 Å². The Bertz CT molecular complexity index is 498. The zero-order valence-corrected chi connectivity index (χ0v) is 13.8. The first-order valence-electron chi connectivity index (χ1n) is 7.55. The van der Waals surface area contributed by atoms with Crippen LogP contribution in [0, 0.1) is 18.7 Å². The Morgan fingerprint density at radius 2 is 2.27 bits per heavy atom. The second kappa shape index (κ2) is 9.08. The summed E-state index contributed by atoms with van der Waals surface area (Å²) < 4.78 is 13.6. The number of hydrogen-bond donors (Lipinski definition) is 2. The molecule has 0 radical (unpaired) electrons. The standard InChI is InChI=1S/C16H24FN3O.ClH/c1-12-4-5-13(9-15(12)17)10-20-8-2-3-14(11-20)16(21)19-7-6-18;/h4-5,9,14H,2-3,6-8,10-11,18H2,1H3,(H,19,21);1H. The van der Waals surface area contributed by atoms with E-state index in [1.165, 1.54) is 0 Å². The van der Waals surface area contributed by atoms with Crippen LogP contribution in [-0.2, 0) is 11.3 Å². The van der Waals surface area contributed by atoms with Crippen LogP contribution in [0.1, 0.15) is 24.0 Å². The number of rotatable bonds is 5. The number of carbonyl (C=O) groups is 1. The van der Waals surface area contributed by atoms with E-state index in [1.54, 1.807) is 19.1 Å². The summed E-state index contributed by atoms with van der Waals surface area (Å²) in [7, 11) is 0. The lowest BCUT2D eigenvalue weighted by molar-refractivity contribution is -0.126. The average molecular weight is 330 g/mol. The van der Waals surface area contributed by atoms with Gasteiger partial charge in [0.1, 0.15) is 5.82 Å². The molecule has 0 aliphatic carbocycles. The van der Waals surface area contributed by atoms with E-state index in [0.717, 1.165) is 31.5 Å². The molecule has 2 rings (SSSR count). The lowest BCUT2D eigenvalue weighted by Gasteiger charge is -2.32. The summed E-state index contributed by atoms with van der Waals surface area (Å²) in [6.07, 6.45) is 1.91. The van der Waals surface area contributed by atoms with Crippen molar-refractivity contribution in [3.63, 3.8) is 0 Å². The number of likely N-dealkylation sites (tertiary alicyclic amines) is 1. The summed E-state index contributed by atoms with van der Waals surface area (Å²) in [6, 6.07) is 5.35. The van der Waals surface area contributed by atoms with Gasteiger partial charge in [-0.1, -0.05) is 12.1 Å². The molecule has 1 fully saturated rings. The minimum atomic E-state index is -0.165. The van der Waals surface area contributed by atoms with Crippen LogP contribution in [0.2, 0.25) is 0 Å². The van der Waals surface area contributed by atoms with Gasteiger partial charge in [-0.15, -0.1) is 12.4 Å². The Balaban J connectivity index is 0.00000242. The normalized spacial score (nSPS) is 18.6. The molecule has 0 bridgehead atoms. The fraction of sp³-hybridized carbons (Fsp3) is 0.562. The van der Waals surface area contributed by atoms with Crippen molar-refractivity contribution in [2.24, 2.45) is 11.7 Å². The minimum absolute atomic E-state index is 0. The zero-order chi connectivity index (χ0) is 15.2. The number of benzene rings is 1. The van der Waals surface area contributed by atoms with Crippen LogP contribution in [-0.4, -0.2) is 37.0 Å². The Morgan fingerprint density at radius 3 is 2.95 bits per heavy atom. The highest BCUT2D eigenvalue weighted by molar-refractivity contribution is 5.85. The lowest BCUT2D eigenvalue weighted by atomic mass is 9.96. The maximum absolute atomic E-state index is 13.6. The molecule has 0 spiro atoms. The largest absolute Gasteiger partial charge is 0.355 e. The molecule has 3 N–H and O–H groups in total. The summed E-state index contributed by atoms with van der Waals surface area (Å²) in [6.45, 7) is 5.13. The van der Waals surface area contributed by atoms with Crippen molar-refractivity contribution >= 4 is 18.3 Å². The van der Waals surface area contributed by atoms with Crippen molar-refractivity contribution in [1.29, 1.82) is 0 Å². The topological polar surface area (TPSA) is 58.4 Å². The number of halogens is 2. The third kappa shape index (κ3) is 5.23. The number of carbonyl (C=O) groups excluding carboxylic acids is 1.